The molecular formula is C14H14F3N5O. The van der Waals surface area contributed by atoms with E-state index < -0.39 is 11.7 Å². The van der Waals surface area contributed by atoms with Crippen LogP contribution >= 0.6 is 0 Å². The molecule has 0 bridgehead atoms. The molecule has 0 saturated heterocycles. The molecule has 0 aliphatic carbocycles. The molecule has 1 aliphatic rings. The van der Waals surface area contributed by atoms with Crippen molar-refractivity contribution in [2.75, 3.05) is 19.7 Å². The zero-order valence-corrected chi connectivity index (χ0v) is 12.1. The summed E-state index contributed by atoms with van der Waals surface area (Å²) in [4.78, 5) is 2.06. The van der Waals surface area contributed by atoms with E-state index in [0.717, 1.165) is 18.7 Å². The zero-order valence-electron chi connectivity index (χ0n) is 12.1. The van der Waals surface area contributed by atoms with E-state index in [9.17, 15) is 13.2 Å². The van der Waals surface area contributed by atoms with Gasteiger partial charge in [0.1, 0.15) is 6.61 Å². The molecule has 0 radical (unpaired) electrons. The Morgan fingerprint density at radius 3 is 2.61 bits per heavy atom. The van der Waals surface area contributed by atoms with E-state index in [1.54, 1.807) is 6.26 Å². The molecule has 1 aromatic carbocycles. The average molecular weight is 325 g/mol. The van der Waals surface area contributed by atoms with Crippen molar-refractivity contribution in [3.8, 4) is 5.69 Å². The van der Waals surface area contributed by atoms with Gasteiger partial charge in [-0.25, -0.2) is 0 Å². The quantitative estimate of drug-likeness (QED) is 0.861. The fourth-order valence-corrected chi connectivity index (χ4v) is 2.23. The Labute approximate surface area is 130 Å². The Balaban J connectivity index is 1.72. The van der Waals surface area contributed by atoms with E-state index in [4.69, 9.17) is 4.74 Å². The van der Waals surface area contributed by atoms with Crippen LogP contribution in [0.25, 0.3) is 5.69 Å². The minimum absolute atomic E-state index is 0.496. The molecule has 2 heterocycles. The molecule has 1 aliphatic heterocycles. The molecule has 122 valence electrons. The van der Waals surface area contributed by atoms with Crippen LogP contribution in [0.1, 0.15) is 11.4 Å². The number of hydrogen-bond acceptors (Lipinski definition) is 5. The summed E-state index contributed by atoms with van der Waals surface area (Å²) < 4.78 is 44.4. The number of tetrazole rings is 1. The first-order valence-corrected chi connectivity index (χ1v) is 7.01. The van der Waals surface area contributed by atoms with Crippen LogP contribution in [0.15, 0.2) is 36.7 Å². The van der Waals surface area contributed by atoms with Gasteiger partial charge in [0.05, 0.1) is 24.1 Å². The van der Waals surface area contributed by atoms with Crippen molar-refractivity contribution in [2.45, 2.75) is 12.6 Å². The molecule has 0 atom stereocenters. The van der Waals surface area contributed by atoms with Crippen LogP contribution in [0.5, 0.6) is 0 Å². The molecule has 0 spiro atoms. The average Bonchev–Trinajstić information content (AvgIpc) is 3.02. The smallest absolute Gasteiger partial charge is 0.416 e. The van der Waals surface area contributed by atoms with E-state index in [1.807, 2.05) is 6.20 Å². The lowest BCUT2D eigenvalue weighted by molar-refractivity contribution is -0.137. The summed E-state index contributed by atoms with van der Waals surface area (Å²) in [5, 5.41) is 11.4. The molecule has 0 N–H and O–H groups in total. The van der Waals surface area contributed by atoms with Gasteiger partial charge in [-0.05, 0) is 34.7 Å². The van der Waals surface area contributed by atoms with Crippen LogP contribution in [0, 0.1) is 0 Å². The summed E-state index contributed by atoms with van der Waals surface area (Å²) in [5.74, 6) is 0.588. The lowest BCUT2D eigenvalue weighted by Crippen LogP contribution is -2.27. The van der Waals surface area contributed by atoms with Gasteiger partial charge >= 0.3 is 6.18 Å². The monoisotopic (exact) mass is 325 g/mol. The van der Waals surface area contributed by atoms with Crippen LogP contribution in [0.3, 0.4) is 0 Å². The van der Waals surface area contributed by atoms with E-state index in [-0.39, 0.29) is 0 Å². The fraction of sp³-hybridized carbons (Fsp3) is 0.357. The van der Waals surface area contributed by atoms with Gasteiger partial charge < -0.3 is 9.64 Å². The van der Waals surface area contributed by atoms with E-state index in [2.05, 4.69) is 20.4 Å². The molecule has 9 heteroatoms. The van der Waals surface area contributed by atoms with Gasteiger partial charge in [-0.1, -0.05) is 0 Å². The van der Waals surface area contributed by atoms with Crippen molar-refractivity contribution in [1.82, 2.24) is 25.1 Å². The van der Waals surface area contributed by atoms with Crippen LogP contribution in [0.2, 0.25) is 0 Å². The van der Waals surface area contributed by atoms with Crippen molar-refractivity contribution in [3.05, 3.63) is 48.1 Å². The molecular weight excluding hydrogens is 311 g/mol. The summed E-state index contributed by atoms with van der Waals surface area (Å²) in [6.45, 7) is 2.10. The van der Waals surface area contributed by atoms with Crippen molar-refractivity contribution in [3.63, 3.8) is 0 Å². The molecule has 0 unspecified atom stereocenters. The molecule has 0 amide bonds. The predicted octanol–water partition coefficient (Wildman–Crippen LogP) is 2.03. The van der Waals surface area contributed by atoms with E-state index in [1.165, 1.54) is 16.8 Å². The predicted molar refractivity (Wildman–Crippen MR) is 74.5 cm³/mol. The van der Waals surface area contributed by atoms with E-state index >= 15 is 0 Å². The maximum Gasteiger partial charge on any atom is 0.416 e. The highest BCUT2D eigenvalue weighted by Crippen LogP contribution is 2.29. The number of ether oxygens (including phenoxy) is 1. The second kappa shape index (κ2) is 6.27. The summed E-state index contributed by atoms with van der Waals surface area (Å²) in [7, 11) is 0. The number of rotatable bonds is 4. The topological polar surface area (TPSA) is 56.1 Å². The normalized spacial score (nSPS) is 14.8. The van der Waals surface area contributed by atoms with Gasteiger partial charge in [-0.2, -0.15) is 17.9 Å². The fourth-order valence-electron chi connectivity index (χ4n) is 2.23. The van der Waals surface area contributed by atoms with Crippen molar-refractivity contribution < 1.29 is 17.9 Å². The third-order valence-corrected chi connectivity index (χ3v) is 3.46. The van der Waals surface area contributed by atoms with Gasteiger partial charge in [0.25, 0.3) is 0 Å². The molecule has 1 aromatic heterocycles. The number of aromatic nitrogens is 4. The highest BCUT2D eigenvalue weighted by Gasteiger charge is 2.30. The summed E-state index contributed by atoms with van der Waals surface area (Å²) in [6, 6.07) is 4.76. The molecule has 23 heavy (non-hydrogen) atoms. The Morgan fingerprint density at radius 2 is 1.96 bits per heavy atom. The number of halogens is 3. The number of alkyl halides is 3. The van der Waals surface area contributed by atoms with Crippen LogP contribution < -0.4 is 0 Å². The first-order chi connectivity index (χ1) is 11.0. The van der Waals surface area contributed by atoms with E-state index in [0.29, 0.717) is 31.1 Å². The highest BCUT2D eigenvalue weighted by molar-refractivity contribution is 5.35. The minimum atomic E-state index is -4.36. The lowest BCUT2D eigenvalue weighted by Gasteiger charge is -2.22. The Morgan fingerprint density at radius 1 is 1.17 bits per heavy atom. The number of benzene rings is 1. The van der Waals surface area contributed by atoms with Crippen molar-refractivity contribution in [1.29, 1.82) is 0 Å². The zero-order chi connectivity index (χ0) is 16.3. The second-order valence-electron chi connectivity index (χ2n) is 4.99. The maximum atomic E-state index is 12.6. The molecule has 0 fully saturated rings. The maximum absolute atomic E-state index is 12.6. The van der Waals surface area contributed by atoms with Gasteiger partial charge in [0.2, 0.25) is 0 Å². The second-order valence-corrected chi connectivity index (χ2v) is 4.99. The SMILES string of the molecule is FC(F)(F)c1ccc(-n2nnnc2CCN2C=COCC2)cc1. The number of hydrogen-bond donors (Lipinski definition) is 0. The third kappa shape index (κ3) is 3.61. The first-order valence-electron chi connectivity index (χ1n) is 7.01. The van der Waals surface area contributed by atoms with Crippen molar-refractivity contribution in [2.24, 2.45) is 0 Å². The molecule has 6 nitrogen and oxygen atoms in total. The largest absolute Gasteiger partial charge is 0.498 e. The van der Waals surface area contributed by atoms with Gasteiger partial charge in [0, 0.05) is 19.2 Å². The minimum Gasteiger partial charge on any atom is -0.498 e. The Bertz CT molecular complexity index is 680. The van der Waals surface area contributed by atoms with Crippen molar-refractivity contribution >= 4 is 0 Å². The number of nitrogens with zero attached hydrogens (tertiary/aromatic N) is 5. The van der Waals surface area contributed by atoms with Gasteiger partial charge in [0.15, 0.2) is 5.82 Å². The van der Waals surface area contributed by atoms with Gasteiger partial charge in [-0.15, -0.1) is 5.10 Å². The van der Waals surface area contributed by atoms with Crippen LogP contribution in [0.4, 0.5) is 13.2 Å². The highest BCUT2D eigenvalue weighted by atomic mass is 19.4. The Kier molecular flexibility index (Phi) is 4.18. The van der Waals surface area contributed by atoms with Crippen LogP contribution in [-0.4, -0.2) is 44.8 Å². The van der Waals surface area contributed by atoms with Gasteiger partial charge in [-0.3, -0.25) is 0 Å². The third-order valence-electron chi connectivity index (χ3n) is 3.46. The summed E-state index contributed by atoms with van der Waals surface area (Å²) in [6.07, 6.45) is -0.318. The molecule has 0 saturated carbocycles. The first kappa shape index (κ1) is 15.3. The Hall–Kier alpha value is -2.58. The molecule has 2 aromatic rings. The van der Waals surface area contributed by atoms with Crippen LogP contribution in [-0.2, 0) is 17.3 Å². The lowest BCUT2D eigenvalue weighted by atomic mass is 10.2. The standard InChI is InChI=1S/C14H14F3N5O/c15-14(16,17)11-1-3-12(4-2-11)22-13(18-19-20-22)5-6-21-7-9-23-10-8-21/h1-4,7,9H,5-6,8,10H2. The molecule has 3 rings (SSSR count). The summed E-state index contributed by atoms with van der Waals surface area (Å²) >= 11 is 0. The summed E-state index contributed by atoms with van der Waals surface area (Å²) in [5.41, 5.74) is -0.204.